The molecule has 0 atom stereocenters. The lowest BCUT2D eigenvalue weighted by Gasteiger charge is -2.03. The minimum atomic E-state index is -0.567. The molecule has 0 saturated carbocycles. The summed E-state index contributed by atoms with van der Waals surface area (Å²) < 4.78 is 5.43. The maximum absolute atomic E-state index is 11.7. The van der Waals surface area contributed by atoms with Gasteiger partial charge in [-0.1, -0.05) is 22.8 Å². The highest BCUT2D eigenvalue weighted by Crippen LogP contribution is 2.26. The van der Waals surface area contributed by atoms with Gasteiger partial charge in [-0.2, -0.15) is 0 Å². The lowest BCUT2D eigenvalue weighted by atomic mass is 10.0. The molecular formula is C19H16ClN3O2S. The van der Waals surface area contributed by atoms with Gasteiger partial charge >= 0.3 is 0 Å². The third-order valence-corrected chi connectivity index (χ3v) is 5.50. The van der Waals surface area contributed by atoms with E-state index in [1.165, 1.54) is 0 Å². The van der Waals surface area contributed by atoms with Gasteiger partial charge in [-0.3, -0.25) is 4.79 Å². The first-order valence-corrected chi connectivity index (χ1v) is 9.42. The van der Waals surface area contributed by atoms with E-state index in [0.29, 0.717) is 23.6 Å². The van der Waals surface area contributed by atoms with Crippen molar-refractivity contribution >= 4 is 39.7 Å². The Labute approximate surface area is 158 Å². The summed E-state index contributed by atoms with van der Waals surface area (Å²) in [5.74, 6) is 0.127. The number of fused-ring (bicyclic) bond motifs is 1. The van der Waals surface area contributed by atoms with Crippen LogP contribution >= 0.6 is 22.9 Å². The molecule has 0 radical (unpaired) electrons. The minimum Gasteiger partial charge on any atom is -0.364 e. The summed E-state index contributed by atoms with van der Waals surface area (Å²) in [6, 6.07) is 9.77. The Balaban J connectivity index is 1.63. The normalized spacial score (nSPS) is 11.3. The van der Waals surface area contributed by atoms with Crippen LogP contribution in [0.3, 0.4) is 0 Å². The number of thiophene rings is 1. The number of aromatic amines is 1. The number of nitrogens with one attached hydrogen (secondary N) is 1. The highest BCUT2D eigenvalue weighted by Gasteiger charge is 2.20. The molecular weight excluding hydrogens is 370 g/mol. The van der Waals surface area contributed by atoms with E-state index in [4.69, 9.17) is 21.9 Å². The van der Waals surface area contributed by atoms with Crippen molar-refractivity contribution in [1.29, 1.82) is 0 Å². The lowest BCUT2D eigenvalue weighted by Crippen LogP contribution is -2.14. The van der Waals surface area contributed by atoms with Crippen LogP contribution in [0, 0.1) is 0 Å². The average molecular weight is 386 g/mol. The Morgan fingerprint density at radius 1 is 1.31 bits per heavy atom. The second-order valence-electron chi connectivity index (χ2n) is 6.06. The number of carbonyl (C=O) groups is 1. The first-order valence-electron chi connectivity index (χ1n) is 8.17. The van der Waals surface area contributed by atoms with Crippen LogP contribution in [0.4, 0.5) is 0 Å². The molecule has 1 aromatic carbocycles. The zero-order chi connectivity index (χ0) is 18.1. The van der Waals surface area contributed by atoms with Gasteiger partial charge in [-0.15, -0.1) is 11.3 Å². The topological polar surface area (TPSA) is 84.9 Å². The lowest BCUT2D eigenvalue weighted by molar-refractivity contribution is 0.0991. The van der Waals surface area contributed by atoms with Crippen molar-refractivity contribution in [2.45, 2.75) is 19.3 Å². The number of carbonyl (C=O) groups excluding carboxylic acids is 1. The fraction of sp³-hybridized carbons (Fsp3) is 0.158. The molecule has 3 heterocycles. The quantitative estimate of drug-likeness (QED) is 0.517. The van der Waals surface area contributed by atoms with Crippen molar-refractivity contribution in [3.63, 3.8) is 0 Å². The molecule has 0 aliphatic rings. The van der Waals surface area contributed by atoms with E-state index in [-0.39, 0.29) is 5.69 Å². The fourth-order valence-electron chi connectivity index (χ4n) is 3.12. The zero-order valence-corrected chi connectivity index (χ0v) is 15.4. The van der Waals surface area contributed by atoms with Gasteiger partial charge in [0, 0.05) is 39.0 Å². The number of H-pyrrole nitrogens is 1. The van der Waals surface area contributed by atoms with Gasteiger partial charge in [0.25, 0.3) is 5.91 Å². The summed E-state index contributed by atoms with van der Waals surface area (Å²) >= 11 is 7.76. The number of aryl methyl sites for hydroxylation is 1. The highest BCUT2D eigenvalue weighted by molar-refractivity contribution is 7.09. The highest BCUT2D eigenvalue weighted by atomic mass is 35.5. The number of nitrogens with zero attached hydrogens (tertiary/aromatic N) is 1. The molecule has 0 bridgehead atoms. The molecule has 4 rings (SSSR count). The van der Waals surface area contributed by atoms with Gasteiger partial charge in [-0.25, -0.2) is 0 Å². The molecule has 0 unspecified atom stereocenters. The summed E-state index contributed by atoms with van der Waals surface area (Å²) in [5.41, 5.74) is 8.63. The van der Waals surface area contributed by atoms with E-state index in [2.05, 4.69) is 10.1 Å². The number of primary amides is 1. The number of aromatic nitrogens is 2. The zero-order valence-electron chi connectivity index (χ0n) is 13.8. The van der Waals surface area contributed by atoms with Gasteiger partial charge in [0.05, 0.1) is 0 Å². The number of hydrogen-bond acceptors (Lipinski definition) is 4. The molecule has 7 heteroatoms. The van der Waals surface area contributed by atoms with Gasteiger partial charge < -0.3 is 15.2 Å². The largest absolute Gasteiger partial charge is 0.364 e. The molecule has 3 aromatic heterocycles. The molecule has 5 nitrogen and oxygen atoms in total. The molecule has 0 aliphatic carbocycles. The molecule has 0 spiro atoms. The first kappa shape index (κ1) is 16.9. The van der Waals surface area contributed by atoms with E-state index in [1.54, 1.807) is 11.3 Å². The molecule has 0 aliphatic heterocycles. The van der Waals surface area contributed by atoms with Crippen molar-refractivity contribution in [3.05, 3.63) is 74.4 Å². The average Bonchev–Trinajstić information content (AvgIpc) is 3.33. The molecule has 1 amide bonds. The van der Waals surface area contributed by atoms with E-state index >= 15 is 0 Å². The van der Waals surface area contributed by atoms with E-state index < -0.39 is 5.91 Å². The van der Waals surface area contributed by atoms with Crippen molar-refractivity contribution in [1.82, 2.24) is 10.1 Å². The number of benzene rings is 1. The van der Waals surface area contributed by atoms with Crippen molar-refractivity contribution in [2.24, 2.45) is 5.73 Å². The molecule has 4 aromatic rings. The first-order chi connectivity index (χ1) is 12.6. The Hall–Kier alpha value is -2.57. The third kappa shape index (κ3) is 3.25. The van der Waals surface area contributed by atoms with Crippen molar-refractivity contribution in [2.75, 3.05) is 0 Å². The number of rotatable bonds is 6. The number of hydrogen-bond donors (Lipinski definition) is 2. The van der Waals surface area contributed by atoms with E-state index in [9.17, 15) is 4.79 Å². The maximum atomic E-state index is 11.7. The van der Waals surface area contributed by atoms with Crippen LogP contribution in [0.15, 0.2) is 46.4 Å². The summed E-state index contributed by atoms with van der Waals surface area (Å²) in [4.78, 5) is 16.1. The van der Waals surface area contributed by atoms with Gasteiger partial charge in [0.2, 0.25) is 0 Å². The molecule has 26 heavy (non-hydrogen) atoms. The van der Waals surface area contributed by atoms with Crippen LogP contribution in [0.1, 0.15) is 32.3 Å². The Morgan fingerprint density at radius 2 is 2.19 bits per heavy atom. The number of amides is 1. The summed E-state index contributed by atoms with van der Waals surface area (Å²) in [6.07, 6.45) is 3.91. The summed E-state index contributed by atoms with van der Waals surface area (Å²) in [5, 5.41) is 7.68. The summed E-state index contributed by atoms with van der Waals surface area (Å²) in [7, 11) is 0. The molecule has 3 N–H and O–H groups in total. The molecule has 0 fully saturated rings. The standard InChI is InChI=1S/C19H16ClN3O2S/c20-12-4-6-16-15(8-12)11(10-22-16)3-5-14-17(9-13-2-1-7-26-13)25-23-18(14)19(21)24/h1-2,4,6-8,10,22H,3,5,9H2,(H2,21,24). The SMILES string of the molecule is NC(=O)c1noc(Cc2cccs2)c1CCc1c[nH]c2ccc(Cl)cc12. The monoisotopic (exact) mass is 385 g/mol. The second-order valence-corrected chi connectivity index (χ2v) is 7.53. The second kappa shape index (κ2) is 6.97. The van der Waals surface area contributed by atoms with Crippen LogP contribution in [0.5, 0.6) is 0 Å². The van der Waals surface area contributed by atoms with Crippen molar-refractivity contribution < 1.29 is 9.32 Å². The van der Waals surface area contributed by atoms with Gasteiger partial charge in [0.1, 0.15) is 5.76 Å². The number of nitrogens with two attached hydrogens (primary N) is 1. The minimum absolute atomic E-state index is 0.217. The van der Waals surface area contributed by atoms with Crippen LogP contribution in [0.25, 0.3) is 10.9 Å². The van der Waals surface area contributed by atoms with Crippen LogP contribution in [-0.4, -0.2) is 16.0 Å². The molecule has 0 saturated heterocycles. The smallest absolute Gasteiger partial charge is 0.271 e. The van der Waals surface area contributed by atoms with E-state index in [0.717, 1.165) is 33.3 Å². The van der Waals surface area contributed by atoms with E-state index in [1.807, 2.05) is 41.9 Å². The Morgan fingerprint density at radius 3 is 2.96 bits per heavy atom. The Bertz CT molecular complexity index is 1070. The fourth-order valence-corrected chi connectivity index (χ4v) is 4.00. The number of halogens is 1. The van der Waals surface area contributed by atoms with Crippen LogP contribution in [-0.2, 0) is 19.3 Å². The molecule has 132 valence electrons. The van der Waals surface area contributed by atoms with Crippen LogP contribution in [0.2, 0.25) is 5.02 Å². The maximum Gasteiger partial charge on any atom is 0.271 e. The summed E-state index contributed by atoms with van der Waals surface area (Å²) in [6.45, 7) is 0. The van der Waals surface area contributed by atoms with Crippen LogP contribution < -0.4 is 5.73 Å². The third-order valence-electron chi connectivity index (χ3n) is 4.39. The van der Waals surface area contributed by atoms with Gasteiger partial charge in [0.15, 0.2) is 5.69 Å². The predicted molar refractivity (Wildman–Crippen MR) is 103 cm³/mol. The predicted octanol–water partition coefficient (Wildman–Crippen LogP) is 4.35. The van der Waals surface area contributed by atoms with Crippen molar-refractivity contribution in [3.8, 4) is 0 Å². The van der Waals surface area contributed by atoms with Gasteiger partial charge in [-0.05, 0) is 48.1 Å². The Kier molecular flexibility index (Phi) is 4.53.